The number of piperidine rings is 1. The average Bonchev–Trinajstić information content (AvgIpc) is 3.34. The van der Waals surface area contributed by atoms with Gasteiger partial charge in [-0.3, -0.25) is 9.59 Å². The summed E-state index contributed by atoms with van der Waals surface area (Å²) in [6.07, 6.45) is -8.16. The molecule has 1 saturated carbocycles. The summed E-state index contributed by atoms with van der Waals surface area (Å²) in [4.78, 5) is 27.4. The number of carbonyl (C=O) groups excluding carboxylic acids is 1. The lowest BCUT2D eigenvalue weighted by Crippen LogP contribution is -2.47. The Bertz CT molecular complexity index is 1170. The molecule has 39 heavy (non-hydrogen) atoms. The molecule has 1 amide bonds. The molecule has 2 N–H and O–H groups in total. The number of hydrogen-bond donors (Lipinski definition) is 2. The molecular weight excluding hydrogens is 533 g/mol. The Morgan fingerprint density at radius 1 is 0.923 bits per heavy atom. The smallest absolute Gasteiger partial charge is 0.416 e. The third kappa shape index (κ3) is 6.37. The van der Waals surface area contributed by atoms with Crippen molar-refractivity contribution in [2.75, 3.05) is 13.1 Å². The molecule has 2 fully saturated rings. The normalized spacial score (nSPS) is 23.1. The first-order valence-corrected chi connectivity index (χ1v) is 12.5. The Morgan fingerprint density at radius 2 is 1.49 bits per heavy atom. The van der Waals surface area contributed by atoms with Gasteiger partial charge in [-0.05, 0) is 92.6 Å². The fourth-order valence-electron chi connectivity index (χ4n) is 5.63. The Morgan fingerprint density at radius 3 is 2.00 bits per heavy atom. The lowest BCUT2D eigenvalue weighted by Gasteiger charge is -2.36. The van der Waals surface area contributed by atoms with Crippen molar-refractivity contribution in [3.63, 3.8) is 0 Å². The highest BCUT2D eigenvalue weighted by Gasteiger charge is 2.53. The first kappa shape index (κ1) is 28.8. The number of carboxylic acids is 1. The molecule has 12 heteroatoms. The van der Waals surface area contributed by atoms with Gasteiger partial charge in [-0.2, -0.15) is 26.3 Å². The summed E-state index contributed by atoms with van der Waals surface area (Å²) in [6, 6.07) is 7.08. The van der Waals surface area contributed by atoms with Crippen LogP contribution in [0.5, 0.6) is 0 Å². The second-order valence-electron chi connectivity index (χ2n) is 10.2. The van der Waals surface area contributed by atoms with E-state index in [1.54, 1.807) is 12.1 Å². The van der Waals surface area contributed by atoms with Gasteiger partial charge >= 0.3 is 18.3 Å². The van der Waals surface area contributed by atoms with Gasteiger partial charge in [0.25, 0.3) is 0 Å². The van der Waals surface area contributed by atoms with Crippen molar-refractivity contribution >= 4 is 11.9 Å². The number of carboxylic acid groups (broad SMARTS) is 1. The minimum absolute atomic E-state index is 0.00683. The van der Waals surface area contributed by atoms with Gasteiger partial charge in [-0.1, -0.05) is 12.1 Å². The van der Waals surface area contributed by atoms with E-state index in [2.05, 4.69) is 10.2 Å². The van der Waals surface area contributed by atoms with Gasteiger partial charge in [0.1, 0.15) is 11.2 Å². The average molecular weight is 561 g/mol. The summed E-state index contributed by atoms with van der Waals surface area (Å²) in [5.74, 6) is -2.42. The molecule has 5 nitrogen and oxygen atoms in total. The number of halogens is 7. The molecule has 2 aliphatic rings. The summed E-state index contributed by atoms with van der Waals surface area (Å²) in [7, 11) is 0. The Labute approximate surface area is 220 Å². The van der Waals surface area contributed by atoms with E-state index in [9.17, 15) is 45.4 Å². The van der Waals surface area contributed by atoms with Crippen LogP contribution in [0.3, 0.4) is 0 Å². The number of likely N-dealkylation sites (tertiary alicyclic amines) is 1. The molecule has 2 aromatic rings. The highest BCUT2D eigenvalue weighted by atomic mass is 19.4. The molecule has 2 aromatic carbocycles. The fourth-order valence-corrected chi connectivity index (χ4v) is 5.63. The van der Waals surface area contributed by atoms with Gasteiger partial charge < -0.3 is 15.3 Å². The van der Waals surface area contributed by atoms with Crippen LogP contribution in [0.4, 0.5) is 30.7 Å². The molecule has 212 valence electrons. The van der Waals surface area contributed by atoms with Crippen LogP contribution in [-0.2, 0) is 28.5 Å². The number of nitrogens with zero attached hydrogens (tertiary/aromatic N) is 1. The van der Waals surface area contributed by atoms with E-state index in [1.165, 1.54) is 12.1 Å². The predicted octanol–water partition coefficient (Wildman–Crippen LogP) is 5.98. The Hall–Kier alpha value is -3.15. The van der Waals surface area contributed by atoms with E-state index in [0.717, 1.165) is 18.4 Å². The number of carbonyl (C=O) groups is 2. The number of benzene rings is 2. The topological polar surface area (TPSA) is 69.6 Å². The lowest BCUT2D eigenvalue weighted by molar-refractivity contribution is -0.156. The molecule has 1 saturated heterocycles. The SMILES string of the molecule is O=C(O)[C@]1(C(=O)NCc2cc(C(F)(F)F)cc(C(F)(F)F)c2)CC[C@@H](N2CCC(c3ccc(F)cc3)CC2)C1. The molecule has 0 unspecified atom stereocenters. The molecule has 0 bridgehead atoms. The van der Waals surface area contributed by atoms with Gasteiger partial charge in [0.15, 0.2) is 0 Å². The molecule has 1 aliphatic carbocycles. The van der Waals surface area contributed by atoms with E-state index < -0.39 is 52.9 Å². The maximum absolute atomic E-state index is 13.2. The summed E-state index contributed by atoms with van der Waals surface area (Å²) in [5, 5.41) is 12.2. The molecule has 0 spiro atoms. The molecule has 0 aromatic heterocycles. The van der Waals surface area contributed by atoms with Crippen molar-refractivity contribution in [1.29, 1.82) is 0 Å². The number of alkyl halides is 6. The van der Waals surface area contributed by atoms with E-state index in [0.29, 0.717) is 31.6 Å². The number of nitrogens with one attached hydrogen (secondary N) is 1. The minimum Gasteiger partial charge on any atom is -0.480 e. The number of amides is 1. The van der Waals surface area contributed by atoms with Crippen LogP contribution in [0.1, 0.15) is 60.3 Å². The maximum Gasteiger partial charge on any atom is 0.416 e. The fraction of sp³-hybridized carbons (Fsp3) is 0.481. The van der Waals surface area contributed by atoms with Crippen molar-refractivity contribution in [2.24, 2.45) is 5.41 Å². The zero-order chi connectivity index (χ0) is 28.6. The van der Waals surface area contributed by atoms with Crippen molar-refractivity contribution < 1.29 is 45.4 Å². The molecule has 1 heterocycles. The van der Waals surface area contributed by atoms with Crippen molar-refractivity contribution in [3.8, 4) is 0 Å². The van der Waals surface area contributed by atoms with E-state index in [4.69, 9.17) is 0 Å². The van der Waals surface area contributed by atoms with Crippen LogP contribution in [0.25, 0.3) is 0 Å². The zero-order valence-corrected chi connectivity index (χ0v) is 20.7. The van der Waals surface area contributed by atoms with Gasteiger partial charge in [0.2, 0.25) is 5.91 Å². The van der Waals surface area contributed by atoms with E-state index in [-0.39, 0.29) is 36.7 Å². The first-order chi connectivity index (χ1) is 18.2. The Kier molecular flexibility index (Phi) is 7.98. The van der Waals surface area contributed by atoms with Gasteiger partial charge in [0, 0.05) is 12.6 Å². The predicted molar refractivity (Wildman–Crippen MR) is 126 cm³/mol. The van der Waals surface area contributed by atoms with Crippen LogP contribution in [0.15, 0.2) is 42.5 Å². The largest absolute Gasteiger partial charge is 0.480 e. The van der Waals surface area contributed by atoms with Crippen LogP contribution < -0.4 is 5.32 Å². The first-order valence-electron chi connectivity index (χ1n) is 12.5. The monoisotopic (exact) mass is 560 g/mol. The van der Waals surface area contributed by atoms with E-state index in [1.807, 2.05) is 0 Å². The third-order valence-electron chi connectivity index (χ3n) is 7.82. The second-order valence-corrected chi connectivity index (χ2v) is 10.2. The minimum atomic E-state index is -5.04. The van der Waals surface area contributed by atoms with Gasteiger partial charge in [0.05, 0.1) is 11.1 Å². The second kappa shape index (κ2) is 10.8. The highest BCUT2D eigenvalue weighted by Crippen LogP contribution is 2.43. The molecule has 1 aliphatic heterocycles. The molecule has 4 rings (SSSR count). The standard InChI is InChI=1S/C27H27F7N2O3/c28-21-3-1-17(2-4-21)18-6-9-36(10-7-18)22-5-8-25(14-22,24(38)39)23(37)35-15-16-11-19(26(29,30)31)13-20(12-16)27(32,33)34/h1-4,11-13,18,22H,5-10,14-15H2,(H,35,37)(H,38,39)/t22-,25-/m1/s1. The number of hydrogen-bond acceptors (Lipinski definition) is 3. The lowest BCUT2D eigenvalue weighted by atomic mass is 9.84. The summed E-state index contributed by atoms with van der Waals surface area (Å²) in [5.41, 5.74) is -4.29. The van der Waals surface area contributed by atoms with Gasteiger partial charge in [-0.25, -0.2) is 4.39 Å². The number of rotatable bonds is 6. The van der Waals surface area contributed by atoms with E-state index >= 15 is 0 Å². The third-order valence-corrected chi connectivity index (χ3v) is 7.82. The molecule has 0 radical (unpaired) electrons. The van der Waals surface area contributed by atoms with Gasteiger partial charge in [-0.15, -0.1) is 0 Å². The van der Waals surface area contributed by atoms with Crippen LogP contribution in [0.2, 0.25) is 0 Å². The van der Waals surface area contributed by atoms with Crippen LogP contribution in [-0.4, -0.2) is 41.0 Å². The number of aliphatic carboxylic acids is 1. The van der Waals surface area contributed by atoms with Crippen molar-refractivity contribution in [2.45, 2.75) is 63.0 Å². The summed E-state index contributed by atoms with van der Waals surface area (Å²) >= 11 is 0. The van der Waals surface area contributed by atoms with Crippen LogP contribution >= 0.6 is 0 Å². The van der Waals surface area contributed by atoms with Crippen molar-refractivity contribution in [3.05, 3.63) is 70.5 Å². The quantitative estimate of drug-likeness (QED) is 0.337. The molecule has 2 atom stereocenters. The van der Waals surface area contributed by atoms with Crippen LogP contribution in [0, 0.1) is 11.2 Å². The highest BCUT2D eigenvalue weighted by molar-refractivity contribution is 6.02. The summed E-state index contributed by atoms with van der Waals surface area (Å²) < 4.78 is 92.1. The maximum atomic E-state index is 13.2. The van der Waals surface area contributed by atoms with Crippen molar-refractivity contribution in [1.82, 2.24) is 10.2 Å². The zero-order valence-electron chi connectivity index (χ0n) is 20.7. The molecular formula is C27H27F7N2O3. The Balaban J connectivity index is 1.42. The summed E-state index contributed by atoms with van der Waals surface area (Å²) in [6.45, 7) is 0.609.